The van der Waals surface area contributed by atoms with Crippen molar-refractivity contribution in [3.63, 3.8) is 0 Å². The quantitative estimate of drug-likeness (QED) is 0.410. The van der Waals surface area contributed by atoms with E-state index in [0.29, 0.717) is 0 Å². The van der Waals surface area contributed by atoms with Gasteiger partial charge in [-0.3, -0.25) is 0 Å². The third-order valence-corrected chi connectivity index (χ3v) is 0.553. The van der Waals surface area contributed by atoms with Crippen molar-refractivity contribution in [2.45, 2.75) is 13.8 Å². The molecule has 70 valence electrons. The number of aliphatic imine (C=N–C) groups is 2. The van der Waals surface area contributed by atoms with Gasteiger partial charge in [-0.2, -0.15) is 35.2 Å². The monoisotopic (exact) mass is 208 g/mol. The second-order valence-corrected chi connectivity index (χ2v) is 1.35. The van der Waals surface area contributed by atoms with E-state index in [4.69, 9.17) is 9.59 Å². The predicted molar refractivity (Wildman–Crippen MR) is 55.3 cm³/mol. The number of hydrogen-bond acceptors (Lipinski definition) is 6. The molecule has 0 amide bonds. The molecule has 0 rings (SSSR count). The van der Waals surface area contributed by atoms with E-state index in [1.165, 1.54) is 12.2 Å². The van der Waals surface area contributed by atoms with E-state index >= 15 is 0 Å². The number of isocyanates is 2. The molecule has 6 heteroatoms. The molecule has 0 aromatic heterocycles. The van der Waals surface area contributed by atoms with Crippen LogP contribution in [0.1, 0.15) is 13.8 Å². The lowest BCUT2D eigenvalue weighted by Crippen LogP contribution is -1.53. The summed E-state index contributed by atoms with van der Waals surface area (Å²) < 4.78 is 0. The van der Waals surface area contributed by atoms with Crippen molar-refractivity contribution in [2.24, 2.45) is 9.98 Å². The highest BCUT2D eigenvalue weighted by atomic mass is 32.1. The molecule has 0 heterocycles. The van der Waals surface area contributed by atoms with Gasteiger partial charge in [-0.05, 0) is 0 Å². The molecule has 0 aliphatic heterocycles. The topological polar surface area (TPSA) is 58.9 Å². The van der Waals surface area contributed by atoms with E-state index in [1.54, 1.807) is 0 Å². The second-order valence-electron chi connectivity index (χ2n) is 0.782. The molecule has 12 heavy (non-hydrogen) atoms. The Hall–Kier alpha value is -0.540. The zero-order valence-electron chi connectivity index (χ0n) is 7.02. The highest BCUT2D eigenvalue weighted by Crippen LogP contribution is 1.66. The molecule has 0 N–H and O–H groups in total. The summed E-state index contributed by atoms with van der Waals surface area (Å²) in [5, 5.41) is 0. The van der Waals surface area contributed by atoms with E-state index < -0.39 is 0 Å². The Morgan fingerprint density at radius 3 is 1.25 bits per heavy atom. The van der Waals surface area contributed by atoms with Gasteiger partial charge in [0.2, 0.25) is 12.2 Å². The summed E-state index contributed by atoms with van der Waals surface area (Å²) in [6.45, 7) is 4.00. The smallest absolute Gasteiger partial charge is 0.211 e. The van der Waals surface area contributed by atoms with Gasteiger partial charge in [-0.25, -0.2) is 9.59 Å². The van der Waals surface area contributed by atoms with Crippen LogP contribution >= 0.6 is 25.3 Å². The van der Waals surface area contributed by atoms with Crippen molar-refractivity contribution in [1.82, 2.24) is 0 Å². The molecule has 0 radical (unpaired) electrons. The zero-order valence-corrected chi connectivity index (χ0v) is 8.81. The minimum absolute atomic E-state index is 0.240. The maximum atomic E-state index is 9.06. The Balaban J connectivity index is -0.000000112. The van der Waals surface area contributed by atoms with Gasteiger partial charge >= 0.3 is 0 Å². The first-order chi connectivity index (χ1) is 5.83. The summed E-state index contributed by atoms with van der Waals surface area (Å²) in [6.07, 6.45) is 2.63. The average molecular weight is 208 g/mol. The van der Waals surface area contributed by atoms with Gasteiger partial charge in [0, 0.05) is 0 Å². The van der Waals surface area contributed by atoms with Gasteiger partial charge < -0.3 is 0 Å². The van der Waals surface area contributed by atoms with E-state index in [-0.39, 0.29) is 11.8 Å². The predicted octanol–water partition coefficient (Wildman–Crippen LogP) is 1.45. The molecule has 0 aliphatic carbocycles. The highest BCUT2D eigenvalue weighted by Gasteiger charge is 1.52. The molecule has 0 saturated carbocycles. The molecule has 0 bridgehead atoms. The number of hydrogen-bond donors (Lipinski definition) is 2. The average Bonchev–Trinajstić information content (AvgIpc) is 2.12. The summed E-state index contributed by atoms with van der Waals surface area (Å²) in [4.78, 5) is 24.2. The van der Waals surface area contributed by atoms with Crippen molar-refractivity contribution in [3.05, 3.63) is 0 Å². The maximum Gasteiger partial charge on any atom is 0.235 e. The third kappa shape index (κ3) is 56.6. The standard InChI is InChI=1S/2C2H3NOS.C2H6/c2*4-1-3-2-5;1-2/h2*5H,2H2;1-2H3. The van der Waals surface area contributed by atoms with E-state index in [0.717, 1.165) is 0 Å². The lowest BCUT2D eigenvalue weighted by atomic mass is 11.0. The van der Waals surface area contributed by atoms with Gasteiger partial charge in [-0.1, -0.05) is 13.8 Å². The molecule has 0 unspecified atom stereocenters. The molecule has 0 fully saturated rings. The maximum absolute atomic E-state index is 9.06. The SMILES string of the molecule is CC.O=C=NCS.O=C=NCS. The molecule has 0 saturated heterocycles. The molecule has 0 spiro atoms. The Labute approximate surface area is 83.0 Å². The summed E-state index contributed by atoms with van der Waals surface area (Å²) >= 11 is 7.14. The fourth-order valence-electron chi connectivity index (χ4n) is 0.0577. The van der Waals surface area contributed by atoms with Crippen LogP contribution in [-0.4, -0.2) is 23.9 Å². The second kappa shape index (κ2) is 31.4. The lowest BCUT2D eigenvalue weighted by Gasteiger charge is -1.58. The van der Waals surface area contributed by atoms with Crippen LogP contribution < -0.4 is 0 Å². The number of thiol groups is 2. The van der Waals surface area contributed by atoms with Gasteiger partial charge in [-0.15, -0.1) is 0 Å². The van der Waals surface area contributed by atoms with Crippen LogP contribution in [0.4, 0.5) is 0 Å². The van der Waals surface area contributed by atoms with Gasteiger partial charge in [0.1, 0.15) is 0 Å². The Kier molecular flexibility index (Phi) is 45.8. The van der Waals surface area contributed by atoms with Crippen LogP contribution in [0.15, 0.2) is 9.98 Å². The van der Waals surface area contributed by atoms with Crippen LogP contribution in [0.5, 0.6) is 0 Å². The summed E-state index contributed by atoms with van der Waals surface area (Å²) in [5.74, 6) is 0.479. The van der Waals surface area contributed by atoms with Crippen molar-refractivity contribution in [1.29, 1.82) is 0 Å². The molecular weight excluding hydrogens is 196 g/mol. The number of rotatable bonds is 2. The van der Waals surface area contributed by atoms with Crippen LogP contribution in [0, 0.1) is 0 Å². The van der Waals surface area contributed by atoms with Crippen LogP contribution in [0.25, 0.3) is 0 Å². The first kappa shape index (κ1) is 17.5. The molecular formula is C6H12N2O2S2. The highest BCUT2D eigenvalue weighted by molar-refractivity contribution is 7.80. The first-order valence-electron chi connectivity index (χ1n) is 3.12. The zero-order chi connectivity index (χ0) is 10.2. The van der Waals surface area contributed by atoms with Crippen molar-refractivity contribution in [2.75, 3.05) is 11.8 Å². The third-order valence-electron chi connectivity index (χ3n) is 0.271. The van der Waals surface area contributed by atoms with E-state index in [9.17, 15) is 0 Å². The molecule has 4 nitrogen and oxygen atoms in total. The molecule has 0 aromatic rings. The Morgan fingerprint density at radius 2 is 1.25 bits per heavy atom. The molecule has 0 aliphatic rings. The van der Waals surface area contributed by atoms with Crippen molar-refractivity contribution < 1.29 is 9.59 Å². The van der Waals surface area contributed by atoms with E-state index in [2.05, 4.69) is 35.2 Å². The Bertz CT molecular complexity index is 134. The normalized spacial score (nSPS) is 5.33. The summed E-state index contributed by atoms with van der Waals surface area (Å²) in [5.41, 5.74) is 0. The van der Waals surface area contributed by atoms with Gasteiger partial charge in [0.05, 0.1) is 11.8 Å². The fraction of sp³-hybridized carbons (Fsp3) is 0.667. The minimum Gasteiger partial charge on any atom is -0.211 e. The van der Waals surface area contributed by atoms with Gasteiger partial charge in [0.15, 0.2) is 0 Å². The number of carbonyl (C=O) groups excluding carboxylic acids is 2. The van der Waals surface area contributed by atoms with Gasteiger partial charge in [0.25, 0.3) is 0 Å². The van der Waals surface area contributed by atoms with Crippen LogP contribution in [0.3, 0.4) is 0 Å². The van der Waals surface area contributed by atoms with Crippen LogP contribution in [0.2, 0.25) is 0 Å². The molecule has 0 atom stereocenters. The van der Waals surface area contributed by atoms with Crippen molar-refractivity contribution >= 4 is 37.4 Å². The lowest BCUT2D eigenvalue weighted by molar-refractivity contribution is 0.563. The summed E-state index contributed by atoms with van der Waals surface area (Å²) in [7, 11) is 0. The van der Waals surface area contributed by atoms with Crippen molar-refractivity contribution in [3.8, 4) is 0 Å². The summed E-state index contributed by atoms with van der Waals surface area (Å²) in [6, 6.07) is 0. The van der Waals surface area contributed by atoms with E-state index in [1.807, 2.05) is 13.8 Å². The minimum atomic E-state index is 0.240. The first-order valence-corrected chi connectivity index (χ1v) is 4.39. The molecule has 0 aromatic carbocycles. The Morgan fingerprint density at radius 1 is 1.00 bits per heavy atom. The van der Waals surface area contributed by atoms with Crippen LogP contribution in [-0.2, 0) is 9.59 Å². The largest absolute Gasteiger partial charge is 0.235 e. The number of nitrogens with zero attached hydrogens (tertiary/aromatic N) is 2. The fourth-order valence-corrected chi connectivity index (χ4v) is 0.173.